The number of hydrogen-bond acceptors (Lipinski definition) is 2. The number of rotatable bonds is 2. The Morgan fingerprint density at radius 2 is 1.89 bits per heavy atom. The number of nitrogens with two attached hydrogens (primary N) is 1. The second kappa shape index (κ2) is 4.82. The van der Waals surface area contributed by atoms with Crippen LogP contribution in [0.3, 0.4) is 0 Å². The minimum atomic E-state index is 0.548. The maximum atomic E-state index is 5.87. The van der Waals surface area contributed by atoms with Gasteiger partial charge in [-0.2, -0.15) is 0 Å². The Bertz CT molecular complexity index is 727. The largest absolute Gasteiger partial charge is 0.326 e. The molecule has 0 atom stereocenters. The van der Waals surface area contributed by atoms with Crippen molar-refractivity contribution in [3.8, 4) is 11.1 Å². The smallest absolute Gasteiger partial charge is 0.0708 e. The molecule has 1 heterocycles. The number of aromatic nitrogens is 1. The highest BCUT2D eigenvalue weighted by molar-refractivity contribution is 5.95. The van der Waals surface area contributed by atoms with Gasteiger partial charge in [-0.15, -0.1) is 0 Å². The van der Waals surface area contributed by atoms with Crippen LogP contribution in [0.15, 0.2) is 54.7 Å². The van der Waals surface area contributed by atoms with Gasteiger partial charge in [0.2, 0.25) is 0 Å². The van der Waals surface area contributed by atoms with E-state index in [-0.39, 0.29) is 0 Å². The third-order valence-electron chi connectivity index (χ3n) is 3.42. The second-order valence-electron chi connectivity index (χ2n) is 4.74. The summed E-state index contributed by atoms with van der Waals surface area (Å²) < 4.78 is 0. The SMILES string of the molecule is Cc1ccc(CN)c(-c2cccc3ncccc23)c1. The molecule has 0 bridgehead atoms. The molecule has 2 nitrogen and oxygen atoms in total. The van der Waals surface area contributed by atoms with E-state index in [4.69, 9.17) is 5.73 Å². The number of hydrogen-bond donors (Lipinski definition) is 1. The average molecular weight is 248 g/mol. The summed E-state index contributed by atoms with van der Waals surface area (Å²) in [6.07, 6.45) is 1.83. The van der Waals surface area contributed by atoms with Crippen LogP contribution in [0.25, 0.3) is 22.0 Å². The van der Waals surface area contributed by atoms with Gasteiger partial charge in [0.05, 0.1) is 5.52 Å². The monoisotopic (exact) mass is 248 g/mol. The van der Waals surface area contributed by atoms with Crippen molar-refractivity contribution >= 4 is 10.9 Å². The maximum absolute atomic E-state index is 5.87. The van der Waals surface area contributed by atoms with Gasteiger partial charge in [0.1, 0.15) is 0 Å². The Kier molecular flexibility index (Phi) is 3.02. The Hall–Kier alpha value is -2.19. The molecule has 0 saturated heterocycles. The van der Waals surface area contributed by atoms with Crippen molar-refractivity contribution in [1.82, 2.24) is 4.98 Å². The first kappa shape index (κ1) is 11.9. The summed E-state index contributed by atoms with van der Waals surface area (Å²) in [5.41, 5.74) is 11.7. The van der Waals surface area contributed by atoms with E-state index < -0.39 is 0 Å². The van der Waals surface area contributed by atoms with Crippen LogP contribution >= 0.6 is 0 Å². The first-order valence-electron chi connectivity index (χ1n) is 6.43. The highest BCUT2D eigenvalue weighted by Crippen LogP contribution is 2.30. The Morgan fingerprint density at radius 1 is 1.00 bits per heavy atom. The van der Waals surface area contributed by atoms with E-state index >= 15 is 0 Å². The molecule has 0 radical (unpaired) electrons. The molecule has 0 aliphatic rings. The summed E-state index contributed by atoms with van der Waals surface area (Å²) in [5.74, 6) is 0. The Balaban J connectivity index is 2.33. The minimum Gasteiger partial charge on any atom is -0.326 e. The molecule has 0 unspecified atom stereocenters. The molecular formula is C17H16N2. The fraction of sp³-hybridized carbons (Fsp3) is 0.118. The molecule has 2 heteroatoms. The van der Waals surface area contributed by atoms with E-state index in [0.29, 0.717) is 6.54 Å². The van der Waals surface area contributed by atoms with Crippen molar-refractivity contribution in [3.63, 3.8) is 0 Å². The van der Waals surface area contributed by atoms with Gasteiger partial charge in [-0.1, -0.05) is 42.0 Å². The summed E-state index contributed by atoms with van der Waals surface area (Å²) in [5, 5.41) is 1.17. The van der Waals surface area contributed by atoms with Gasteiger partial charge in [0.25, 0.3) is 0 Å². The first-order valence-corrected chi connectivity index (χ1v) is 6.43. The summed E-state index contributed by atoms with van der Waals surface area (Å²) in [6.45, 7) is 2.65. The highest BCUT2D eigenvalue weighted by Gasteiger charge is 2.08. The molecule has 1 aromatic heterocycles. The highest BCUT2D eigenvalue weighted by atomic mass is 14.6. The number of fused-ring (bicyclic) bond motifs is 1. The zero-order valence-corrected chi connectivity index (χ0v) is 10.9. The lowest BCUT2D eigenvalue weighted by molar-refractivity contribution is 1.07. The van der Waals surface area contributed by atoms with Gasteiger partial charge in [-0.05, 0) is 35.7 Å². The molecule has 19 heavy (non-hydrogen) atoms. The van der Waals surface area contributed by atoms with E-state index in [9.17, 15) is 0 Å². The lowest BCUT2D eigenvalue weighted by Gasteiger charge is -2.11. The van der Waals surface area contributed by atoms with E-state index in [0.717, 1.165) is 5.52 Å². The van der Waals surface area contributed by atoms with Gasteiger partial charge in [-0.25, -0.2) is 0 Å². The summed E-state index contributed by atoms with van der Waals surface area (Å²) in [7, 11) is 0. The zero-order valence-electron chi connectivity index (χ0n) is 10.9. The number of nitrogens with zero attached hydrogens (tertiary/aromatic N) is 1. The van der Waals surface area contributed by atoms with Crippen LogP contribution in [0.2, 0.25) is 0 Å². The van der Waals surface area contributed by atoms with Gasteiger partial charge in [0.15, 0.2) is 0 Å². The first-order chi connectivity index (χ1) is 9.29. The fourth-order valence-corrected chi connectivity index (χ4v) is 2.46. The number of pyridine rings is 1. The van der Waals surface area contributed by atoms with Gasteiger partial charge < -0.3 is 5.73 Å². The second-order valence-corrected chi connectivity index (χ2v) is 4.74. The van der Waals surface area contributed by atoms with Crippen molar-refractivity contribution in [1.29, 1.82) is 0 Å². The third kappa shape index (κ3) is 2.11. The molecule has 0 aliphatic heterocycles. The summed E-state index contributed by atoms with van der Waals surface area (Å²) >= 11 is 0. The quantitative estimate of drug-likeness (QED) is 0.751. The molecule has 0 spiro atoms. The van der Waals surface area contributed by atoms with Gasteiger partial charge in [-0.3, -0.25) is 4.98 Å². The molecule has 94 valence electrons. The lowest BCUT2D eigenvalue weighted by Crippen LogP contribution is -1.99. The lowest BCUT2D eigenvalue weighted by atomic mass is 9.94. The zero-order chi connectivity index (χ0) is 13.2. The van der Waals surface area contributed by atoms with E-state index in [1.165, 1.54) is 27.6 Å². The predicted molar refractivity (Wildman–Crippen MR) is 79.8 cm³/mol. The van der Waals surface area contributed by atoms with Crippen LogP contribution < -0.4 is 5.73 Å². The molecule has 2 N–H and O–H groups in total. The molecule has 3 rings (SSSR count). The van der Waals surface area contributed by atoms with Gasteiger partial charge in [0, 0.05) is 18.1 Å². The predicted octanol–water partition coefficient (Wildman–Crippen LogP) is 3.67. The van der Waals surface area contributed by atoms with E-state index in [1.807, 2.05) is 24.4 Å². The van der Waals surface area contributed by atoms with Crippen LogP contribution in [-0.2, 0) is 6.54 Å². The summed E-state index contributed by atoms with van der Waals surface area (Å²) in [4.78, 5) is 4.41. The fourth-order valence-electron chi connectivity index (χ4n) is 2.46. The van der Waals surface area contributed by atoms with E-state index in [1.54, 1.807) is 0 Å². The van der Waals surface area contributed by atoms with Crippen molar-refractivity contribution in [2.75, 3.05) is 0 Å². The molecule has 0 amide bonds. The molecule has 0 fully saturated rings. The van der Waals surface area contributed by atoms with Crippen LogP contribution in [0.5, 0.6) is 0 Å². The summed E-state index contributed by atoms with van der Waals surface area (Å²) in [6, 6.07) is 16.7. The van der Waals surface area contributed by atoms with Crippen molar-refractivity contribution in [2.45, 2.75) is 13.5 Å². The van der Waals surface area contributed by atoms with Crippen LogP contribution in [0.4, 0.5) is 0 Å². The van der Waals surface area contributed by atoms with Crippen molar-refractivity contribution < 1.29 is 0 Å². The normalized spacial score (nSPS) is 10.8. The molecule has 0 aliphatic carbocycles. The Labute approximate surface area is 112 Å². The minimum absolute atomic E-state index is 0.548. The van der Waals surface area contributed by atoms with Gasteiger partial charge >= 0.3 is 0 Å². The van der Waals surface area contributed by atoms with Crippen LogP contribution in [0, 0.1) is 6.92 Å². The molecule has 3 aromatic rings. The molecular weight excluding hydrogens is 232 g/mol. The Morgan fingerprint density at radius 3 is 2.74 bits per heavy atom. The van der Waals surface area contributed by atoms with Crippen LogP contribution in [0.1, 0.15) is 11.1 Å². The average Bonchev–Trinajstić information content (AvgIpc) is 2.46. The van der Waals surface area contributed by atoms with Crippen molar-refractivity contribution in [2.24, 2.45) is 5.73 Å². The van der Waals surface area contributed by atoms with Crippen molar-refractivity contribution in [3.05, 3.63) is 65.9 Å². The number of aryl methyl sites for hydroxylation is 1. The standard InChI is InChI=1S/C17H16N2/c1-12-7-8-13(11-18)16(10-12)14-4-2-6-17-15(14)5-3-9-19-17/h2-10H,11,18H2,1H3. The topological polar surface area (TPSA) is 38.9 Å². The number of benzene rings is 2. The van der Waals surface area contributed by atoms with E-state index in [2.05, 4.69) is 42.2 Å². The third-order valence-corrected chi connectivity index (χ3v) is 3.42. The van der Waals surface area contributed by atoms with Crippen LogP contribution in [-0.4, -0.2) is 4.98 Å². The molecule has 0 saturated carbocycles. The molecule has 2 aromatic carbocycles. The maximum Gasteiger partial charge on any atom is 0.0708 e.